The molecular weight excluding hydrogens is 450 g/mol. The van der Waals surface area contributed by atoms with E-state index >= 15 is 0 Å². The van der Waals surface area contributed by atoms with Crippen LogP contribution in [0.2, 0.25) is 5.02 Å². The van der Waals surface area contributed by atoms with Crippen molar-refractivity contribution in [3.8, 4) is 11.1 Å². The highest BCUT2D eigenvalue weighted by molar-refractivity contribution is 6.30. The Labute approximate surface area is 206 Å². The quantitative estimate of drug-likeness (QED) is 0.363. The number of aliphatic hydroxyl groups is 2. The van der Waals surface area contributed by atoms with Gasteiger partial charge in [-0.05, 0) is 64.5 Å². The lowest BCUT2D eigenvalue weighted by atomic mass is 10.0. The number of fused-ring (bicyclic) bond motifs is 1. The summed E-state index contributed by atoms with van der Waals surface area (Å²) in [6.07, 6.45) is 1.52. The summed E-state index contributed by atoms with van der Waals surface area (Å²) in [5, 5.41) is 22.7. The molecule has 34 heavy (non-hydrogen) atoms. The Bertz CT molecular complexity index is 1160. The van der Waals surface area contributed by atoms with Gasteiger partial charge in [-0.3, -0.25) is 4.79 Å². The van der Waals surface area contributed by atoms with Gasteiger partial charge in [0.05, 0.1) is 18.6 Å². The van der Waals surface area contributed by atoms with Crippen LogP contribution in [-0.4, -0.2) is 38.6 Å². The Morgan fingerprint density at radius 1 is 1.09 bits per heavy atom. The van der Waals surface area contributed by atoms with Crippen LogP contribution in [0.15, 0.2) is 54.6 Å². The minimum atomic E-state index is -0.999. The van der Waals surface area contributed by atoms with E-state index in [1.54, 1.807) is 26.8 Å². The number of rotatable bonds is 8. The lowest BCUT2D eigenvalue weighted by Crippen LogP contribution is -2.27. The molecular formula is C28H34ClNO4. The molecule has 2 atom stereocenters. The predicted molar refractivity (Wildman–Crippen MR) is 139 cm³/mol. The SMILES string of the molecule is CC(C)n1c(/C=C/[C@@H](O)C[C@@H](O)CC(=O)OC(C)(C)C)c(-c2ccc(Cl)cc2)c2ccccc21. The molecule has 0 fully saturated rings. The fourth-order valence-corrected chi connectivity index (χ4v) is 4.27. The predicted octanol–water partition coefficient (Wildman–Crippen LogP) is 6.40. The molecule has 3 rings (SSSR count). The lowest BCUT2D eigenvalue weighted by molar-refractivity contribution is -0.157. The molecule has 0 spiro atoms. The maximum atomic E-state index is 12.0. The van der Waals surface area contributed by atoms with Crippen LogP contribution in [0.3, 0.4) is 0 Å². The van der Waals surface area contributed by atoms with Crippen LogP contribution >= 0.6 is 11.6 Å². The van der Waals surface area contributed by atoms with Gasteiger partial charge in [-0.25, -0.2) is 0 Å². The van der Waals surface area contributed by atoms with Crippen molar-refractivity contribution in [3.63, 3.8) is 0 Å². The molecule has 0 aliphatic heterocycles. The second-order valence-electron chi connectivity index (χ2n) is 9.85. The van der Waals surface area contributed by atoms with Gasteiger partial charge in [-0.15, -0.1) is 0 Å². The lowest BCUT2D eigenvalue weighted by Gasteiger charge is -2.21. The molecule has 0 saturated heterocycles. The molecule has 5 nitrogen and oxygen atoms in total. The van der Waals surface area contributed by atoms with Crippen molar-refractivity contribution in [2.75, 3.05) is 0 Å². The second kappa shape index (κ2) is 10.8. The molecule has 0 bridgehead atoms. The number of nitrogens with zero attached hydrogens (tertiary/aromatic N) is 1. The number of esters is 1. The maximum absolute atomic E-state index is 12.0. The van der Waals surface area contributed by atoms with Crippen molar-refractivity contribution in [1.82, 2.24) is 4.57 Å². The molecule has 3 aromatic rings. The molecule has 0 saturated carbocycles. The summed E-state index contributed by atoms with van der Waals surface area (Å²) >= 11 is 6.13. The zero-order chi connectivity index (χ0) is 25.0. The number of halogens is 1. The van der Waals surface area contributed by atoms with Crippen molar-refractivity contribution in [2.45, 2.75) is 71.3 Å². The molecule has 2 N–H and O–H groups in total. The Hall–Kier alpha value is -2.60. The number of hydrogen-bond donors (Lipinski definition) is 2. The van der Waals surface area contributed by atoms with E-state index in [1.807, 2.05) is 42.5 Å². The van der Waals surface area contributed by atoms with E-state index in [0.717, 1.165) is 27.7 Å². The minimum Gasteiger partial charge on any atom is -0.460 e. The average molecular weight is 484 g/mol. The summed E-state index contributed by atoms with van der Waals surface area (Å²) in [5.74, 6) is -0.485. The van der Waals surface area contributed by atoms with Gasteiger partial charge in [-0.1, -0.05) is 48.0 Å². The highest BCUT2D eigenvalue weighted by atomic mass is 35.5. The number of aromatic nitrogens is 1. The summed E-state index contributed by atoms with van der Waals surface area (Å²) in [6.45, 7) is 9.58. The molecule has 0 unspecified atom stereocenters. The van der Waals surface area contributed by atoms with Crippen molar-refractivity contribution in [3.05, 3.63) is 65.3 Å². The van der Waals surface area contributed by atoms with Crippen LogP contribution in [0, 0.1) is 0 Å². The van der Waals surface area contributed by atoms with Crippen LogP contribution in [0.1, 0.15) is 59.2 Å². The molecule has 0 aliphatic carbocycles. The van der Waals surface area contributed by atoms with E-state index in [0.29, 0.717) is 5.02 Å². The van der Waals surface area contributed by atoms with E-state index in [-0.39, 0.29) is 18.9 Å². The number of ether oxygens (including phenoxy) is 1. The fourth-order valence-electron chi connectivity index (χ4n) is 4.14. The average Bonchev–Trinajstić information content (AvgIpc) is 3.05. The van der Waals surface area contributed by atoms with E-state index in [4.69, 9.17) is 16.3 Å². The summed E-state index contributed by atoms with van der Waals surface area (Å²) in [6, 6.07) is 16.1. The number of benzene rings is 2. The summed E-state index contributed by atoms with van der Waals surface area (Å²) < 4.78 is 7.49. The third-order valence-electron chi connectivity index (χ3n) is 5.41. The van der Waals surface area contributed by atoms with Gasteiger partial charge in [0.2, 0.25) is 0 Å². The number of carbonyl (C=O) groups is 1. The normalized spacial score (nSPS) is 14.1. The van der Waals surface area contributed by atoms with Gasteiger partial charge in [0, 0.05) is 39.6 Å². The first-order valence-corrected chi connectivity index (χ1v) is 12.0. The molecule has 0 radical (unpaired) electrons. The van der Waals surface area contributed by atoms with E-state index < -0.39 is 23.8 Å². The molecule has 182 valence electrons. The summed E-state index contributed by atoms with van der Waals surface area (Å²) in [7, 11) is 0. The number of carbonyl (C=O) groups excluding carboxylic acids is 1. The first-order valence-electron chi connectivity index (χ1n) is 11.6. The molecule has 0 amide bonds. The van der Waals surface area contributed by atoms with Gasteiger partial charge in [-0.2, -0.15) is 0 Å². The van der Waals surface area contributed by atoms with Gasteiger partial charge < -0.3 is 19.5 Å². The number of hydrogen-bond acceptors (Lipinski definition) is 4. The summed E-state index contributed by atoms with van der Waals surface area (Å²) in [4.78, 5) is 12.0. The molecule has 2 aromatic carbocycles. The van der Waals surface area contributed by atoms with Gasteiger partial charge in [0.15, 0.2) is 0 Å². The monoisotopic (exact) mass is 483 g/mol. The minimum absolute atomic E-state index is 0.0356. The largest absolute Gasteiger partial charge is 0.460 e. The van der Waals surface area contributed by atoms with Crippen molar-refractivity contribution in [1.29, 1.82) is 0 Å². The van der Waals surface area contributed by atoms with E-state index in [1.165, 1.54) is 0 Å². The van der Waals surface area contributed by atoms with Crippen LogP contribution < -0.4 is 0 Å². The maximum Gasteiger partial charge on any atom is 0.308 e. The Kier molecular flexibility index (Phi) is 8.24. The molecule has 1 heterocycles. The molecule has 6 heteroatoms. The highest BCUT2D eigenvalue weighted by Crippen LogP contribution is 2.38. The Morgan fingerprint density at radius 3 is 2.35 bits per heavy atom. The van der Waals surface area contributed by atoms with Gasteiger partial charge in [0.25, 0.3) is 0 Å². The van der Waals surface area contributed by atoms with Crippen LogP contribution in [-0.2, 0) is 9.53 Å². The second-order valence-corrected chi connectivity index (χ2v) is 10.3. The fraction of sp³-hybridized carbons (Fsp3) is 0.393. The zero-order valence-corrected chi connectivity index (χ0v) is 21.2. The van der Waals surface area contributed by atoms with E-state index in [2.05, 4.69) is 30.5 Å². The van der Waals surface area contributed by atoms with E-state index in [9.17, 15) is 15.0 Å². The third-order valence-corrected chi connectivity index (χ3v) is 5.66. The Balaban J connectivity index is 1.91. The van der Waals surface area contributed by atoms with Crippen LogP contribution in [0.4, 0.5) is 0 Å². The highest BCUT2D eigenvalue weighted by Gasteiger charge is 2.22. The first kappa shape index (κ1) is 26.0. The van der Waals surface area contributed by atoms with Crippen molar-refractivity contribution < 1.29 is 19.7 Å². The van der Waals surface area contributed by atoms with Crippen LogP contribution in [0.25, 0.3) is 28.1 Å². The standard InChI is InChI=1S/C28H34ClNO4/c1-18(2)30-24-9-7-6-8-23(24)27(19-10-12-20(29)13-11-19)25(30)15-14-21(31)16-22(32)17-26(33)34-28(3,4)5/h6-15,18,21-22,31-32H,16-17H2,1-5H3/b15-14+/t21-,22-/m1/s1. The summed E-state index contributed by atoms with van der Waals surface area (Å²) in [5.41, 5.74) is 3.52. The van der Waals surface area contributed by atoms with Crippen LogP contribution in [0.5, 0.6) is 0 Å². The van der Waals surface area contributed by atoms with Gasteiger partial charge >= 0.3 is 5.97 Å². The zero-order valence-electron chi connectivity index (χ0n) is 20.5. The first-order chi connectivity index (χ1) is 16.0. The topological polar surface area (TPSA) is 71.7 Å². The smallest absolute Gasteiger partial charge is 0.308 e. The van der Waals surface area contributed by atoms with Gasteiger partial charge in [0.1, 0.15) is 5.60 Å². The van der Waals surface area contributed by atoms with Crippen molar-refractivity contribution >= 4 is 34.5 Å². The number of aliphatic hydroxyl groups excluding tert-OH is 2. The third kappa shape index (κ3) is 6.50. The Morgan fingerprint density at radius 2 is 1.74 bits per heavy atom. The molecule has 1 aromatic heterocycles. The number of para-hydroxylation sites is 1. The van der Waals surface area contributed by atoms with Crippen molar-refractivity contribution in [2.24, 2.45) is 0 Å². The molecule has 0 aliphatic rings.